The Labute approximate surface area is 130 Å². The van der Waals surface area contributed by atoms with Gasteiger partial charge in [0.1, 0.15) is 0 Å². The number of carbonyl (C=O) groups excluding carboxylic acids is 2. The minimum Gasteiger partial charge on any atom is -0.351 e. The van der Waals surface area contributed by atoms with Crippen LogP contribution in [0.25, 0.3) is 5.69 Å². The van der Waals surface area contributed by atoms with Gasteiger partial charge in [-0.15, -0.1) is 0 Å². The highest BCUT2D eigenvalue weighted by atomic mass is 32.2. The van der Waals surface area contributed by atoms with Gasteiger partial charge in [0.2, 0.25) is 5.91 Å². The lowest BCUT2D eigenvalue weighted by molar-refractivity contribution is -0.117. The number of hydrogen-bond acceptors (Lipinski definition) is 5. The van der Waals surface area contributed by atoms with Crippen LogP contribution in [0, 0.1) is 6.92 Å². The van der Waals surface area contributed by atoms with Crippen LogP contribution in [0.1, 0.15) is 5.69 Å². The van der Waals surface area contributed by atoms with Crippen LogP contribution in [0.2, 0.25) is 0 Å². The summed E-state index contributed by atoms with van der Waals surface area (Å²) in [6.07, 6.45) is 0. The highest BCUT2D eigenvalue weighted by Gasteiger charge is 2.12. The van der Waals surface area contributed by atoms with Crippen molar-refractivity contribution in [1.82, 2.24) is 14.9 Å². The van der Waals surface area contributed by atoms with Crippen molar-refractivity contribution in [3.63, 3.8) is 0 Å². The Bertz CT molecular complexity index is 758. The van der Waals surface area contributed by atoms with Crippen LogP contribution in [0.15, 0.2) is 46.3 Å². The van der Waals surface area contributed by atoms with E-state index in [0.29, 0.717) is 16.5 Å². The van der Waals surface area contributed by atoms with Crippen LogP contribution in [0.5, 0.6) is 0 Å². The maximum absolute atomic E-state index is 12.2. The smallest absolute Gasteiger partial charge is 0.318 e. The van der Waals surface area contributed by atoms with Gasteiger partial charge in [-0.1, -0.05) is 30.0 Å². The lowest BCUT2D eigenvalue weighted by Crippen LogP contribution is -2.36. The van der Waals surface area contributed by atoms with E-state index < -0.39 is 11.9 Å². The third-order valence-corrected chi connectivity index (χ3v) is 3.56. The summed E-state index contributed by atoms with van der Waals surface area (Å²) in [6, 6.07) is 9.48. The number of amides is 3. The summed E-state index contributed by atoms with van der Waals surface area (Å²) >= 11 is 1.05. The normalized spacial score (nSPS) is 10.2. The number of nitrogens with one attached hydrogen (secondary N) is 1. The summed E-state index contributed by atoms with van der Waals surface area (Å²) < 4.78 is 1.41. The molecule has 8 heteroatoms. The molecule has 0 bridgehead atoms. The van der Waals surface area contributed by atoms with Gasteiger partial charge in [-0.05, 0) is 19.1 Å². The lowest BCUT2D eigenvalue weighted by Gasteiger charge is -2.11. The Kier molecular flexibility index (Phi) is 4.95. The molecule has 0 radical (unpaired) electrons. The van der Waals surface area contributed by atoms with Crippen molar-refractivity contribution in [3.8, 4) is 5.69 Å². The van der Waals surface area contributed by atoms with Gasteiger partial charge in [0.05, 0.1) is 11.4 Å². The third kappa shape index (κ3) is 3.95. The van der Waals surface area contributed by atoms with Crippen molar-refractivity contribution in [2.45, 2.75) is 12.1 Å². The van der Waals surface area contributed by atoms with Gasteiger partial charge < -0.3 is 5.73 Å². The van der Waals surface area contributed by atoms with Gasteiger partial charge in [0.25, 0.3) is 5.56 Å². The number of nitrogens with two attached hydrogens (primary N) is 1. The molecule has 0 spiro atoms. The molecule has 0 aliphatic rings. The Morgan fingerprint density at radius 3 is 2.64 bits per heavy atom. The molecule has 0 atom stereocenters. The molecule has 1 heterocycles. The Hall–Kier alpha value is -2.61. The largest absolute Gasteiger partial charge is 0.351 e. The molecule has 1 aromatic heterocycles. The molecule has 114 valence electrons. The number of nitrogens with zero attached hydrogens (tertiary/aromatic N) is 2. The minimum atomic E-state index is -0.914. The molecule has 0 aliphatic carbocycles. The monoisotopic (exact) mass is 318 g/mol. The topological polar surface area (TPSA) is 107 Å². The molecule has 22 heavy (non-hydrogen) atoms. The zero-order valence-electron chi connectivity index (χ0n) is 11.8. The first kappa shape index (κ1) is 15.8. The number of aryl methyl sites for hydroxylation is 1. The summed E-state index contributed by atoms with van der Waals surface area (Å²) in [5, 5.41) is 2.34. The number of urea groups is 1. The average Bonchev–Trinajstić information content (AvgIpc) is 2.44. The van der Waals surface area contributed by atoms with Crippen LogP contribution in [-0.4, -0.2) is 27.2 Å². The van der Waals surface area contributed by atoms with Gasteiger partial charge in [0, 0.05) is 11.8 Å². The fraction of sp³-hybridized carbons (Fsp3) is 0.143. The van der Waals surface area contributed by atoms with E-state index in [9.17, 15) is 14.4 Å². The molecule has 3 amide bonds. The van der Waals surface area contributed by atoms with Gasteiger partial charge >= 0.3 is 6.03 Å². The van der Waals surface area contributed by atoms with Gasteiger partial charge in [-0.3, -0.25) is 19.5 Å². The molecular formula is C14H14N4O3S. The fourth-order valence-electron chi connectivity index (χ4n) is 1.79. The van der Waals surface area contributed by atoms with Crippen LogP contribution < -0.4 is 16.6 Å². The highest BCUT2D eigenvalue weighted by molar-refractivity contribution is 7.99. The van der Waals surface area contributed by atoms with E-state index in [-0.39, 0.29) is 11.3 Å². The molecule has 0 unspecified atom stereocenters. The molecule has 2 aromatic rings. The number of rotatable bonds is 4. The van der Waals surface area contributed by atoms with Crippen molar-refractivity contribution < 1.29 is 9.59 Å². The van der Waals surface area contributed by atoms with E-state index in [0.717, 1.165) is 11.8 Å². The first-order valence-electron chi connectivity index (χ1n) is 6.35. The minimum absolute atomic E-state index is 0.0777. The van der Waals surface area contributed by atoms with Crippen LogP contribution in [-0.2, 0) is 4.79 Å². The number of aromatic nitrogens is 2. The molecule has 0 fully saturated rings. The molecule has 3 N–H and O–H groups in total. The molecule has 2 rings (SSSR count). The second kappa shape index (κ2) is 6.90. The summed E-state index contributed by atoms with van der Waals surface area (Å²) in [5.74, 6) is -0.626. The van der Waals surface area contributed by atoms with Crippen molar-refractivity contribution in [2.75, 3.05) is 5.75 Å². The summed E-state index contributed by atoms with van der Waals surface area (Å²) in [7, 11) is 0. The zero-order chi connectivity index (χ0) is 16.1. The first-order chi connectivity index (χ1) is 10.5. The van der Waals surface area contributed by atoms with Gasteiger partial charge in [-0.2, -0.15) is 0 Å². The predicted octanol–water partition coefficient (Wildman–Crippen LogP) is 0.828. The second-order valence-corrected chi connectivity index (χ2v) is 5.33. The Morgan fingerprint density at radius 1 is 1.32 bits per heavy atom. The summed E-state index contributed by atoms with van der Waals surface area (Å²) in [5.41, 5.74) is 5.84. The number of imide groups is 1. The van der Waals surface area contributed by atoms with Crippen molar-refractivity contribution in [3.05, 3.63) is 52.4 Å². The number of carbonyl (C=O) groups is 2. The number of hydrogen-bond donors (Lipinski definition) is 2. The maximum atomic E-state index is 12.2. The predicted molar refractivity (Wildman–Crippen MR) is 83.0 cm³/mol. The lowest BCUT2D eigenvalue weighted by atomic mass is 10.3. The molecule has 0 aliphatic heterocycles. The fourth-order valence-corrected chi connectivity index (χ4v) is 2.65. The van der Waals surface area contributed by atoms with Crippen molar-refractivity contribution in [1.29, 1.82) is 0 Å². The first-order valence-corrected chi connectivity index (χ1v) is 7.34. The number of thioether (sulfide) groups is 1. The summed E-state index contributed by atoms with van der Waals surface area (Å²) in [4.78, 5) is 38.6. The van der Waals surface area contributed by atoms with Crippen LogP contribution in [0.3, 0.4) is 0 Å². The Balaban J connectivity index is 2.32. The van der Waals surface area contributed by atoms with Crippen molar-refractivity contribution in [2.24, 2.45) is 5.73 Å². The molecule has 0 saturated carbocycles. The van der Waals surface area contributed by atoms with E-state index >= 15 is 0 Å². The Morgan fingerprint density at radius 2 is 2.00 bits per heavy atom. The molecular weight excluding hydrogens is 304 g/mol. The molecule has 0 saturated heterocycles. The maximum Gasteiger partial charge on any atom is 0.318 e. The van der Waals surface area contributed by atoms with E-state index in [1.54, 1.807) is 31.2 Å². The average molecular weight is 318 g/mol. The van der Waals surface area contributed by atoms with Crippen LogP contribution >= 0.6 is 11.8 Å². The number of primary amides is 1. The van der Waals surface area contributed by atoms with E-state index in [1.165, 1.54) is 10.6 Å². The summed E-state index contributed by atoms with van der Waals surface area (Å²) in [6.45, 7) is 1.70. The second-order valence-electron chi connectivity index (χ2n) is 4.39. The van der Waals surface area contributed by atoms with E-state index in [4.69, 9.17) is 5.73 Å². The van der Waals surface area contributed by atoms with E-state index in [1.807, 2.05) is 11.4 Å². The van der Waals surface area contributed by atoms with E-state index in [2.05, 4.69) is 4.98 Å². The zero-order valence-corrected chi connectivity index (χ0v) is 12.6. The standard InChI is InChI=1S/C14H14N4O3S/c1-9-7-12(20)18(10-5-3-2-4-6-10)14(16-9)22-8-11(19)17-13(15)21/h2-7H,8H2,1H3,(H3,15,17,19,21). The third-order valence-electron chi connectivity index (χ3n) is 2.63. The number of benzene rings is 1. The SMILES string of the molecule is Cc1cc(=O)n(-c2ccccc2)c(SCC(=O)NC(N)=O)n1. The number of para-hydroxylation sites is 1. The highest BCUT2D eigenvalue weighted by Crippen LogP contribution is 2.18. The van der Waals surface area contributed by atoms with Gasteiger partial charge in [0.15, 0.2) is 5.16 Å². The van der Waals surface area contributed by atoms with Crippen LogP contribution in [0.4, 0.5) is 4.79 Å². The van der Waals surface area contributed by atoms with Crippen molar-refractivity contribution >= 4 is 23.7 Å². The molecule has 1 aromatic carbocycles. The quantitative estimate of drug-likeness (QED) is 0.641. The van der Waals surface area contributed by atoms with Gasteiger partial charge in [-0.25, -0.2) is 9.78 Å². The molecule has 7 nitrogen and oxygen atoms in total.